The van der Waals surface area contributed by atoms with Crippen molar-refractivity contribution < 1.29 is 13.9 Å². The summed E-state index contributed by atoms with van der Waals surface area (Å²) in [5.74, 6) is -1.70. The molecule has 0 aliphatic carbocycles. The molecule has 0 aromatic rings. The van der Waals surface area contributed by atoms with Crippen LogP contribution in [0.5, 0.6) is 0 Å². The predicted octanol–water partition coefficient (Wildman–Crippen LogP) is 2.84. The minimum atomic E-state index is -0.888. The molecule has 3 heteroatoms. The topological polar surface area (TPSA) is 26.3 Å². The maximum absolute atomic E-state index is 13.0. The average Bonchev–Trinajstić information content (AvgIpc) is 1.81. The van der Waals surface area contributed by atoms with E-state index >= 15 is 0 Å². The van der Waals surface area contributed by atoms with Crippen LogP contribution in [0.1, 0.15) is 34.6 Å². The predicted molar refractivity (Wildman–Crippen MR) is 49.9 cm³/mol. The van der Waals surface area contributed by atoms with Crippen LogP contribution < -0.4 is 0 Å². The van der Waals surface area contributed by atoms with Crippen molar-refractivity contribution in [2.45, 2.75) is 40.2 Å². The van der Waals surface area contributed by atoms with Crippen molar-refractivity contribution in [3.05, 3.63) is 11.9 Å². The van der Waals surface area contributed by atoms with Crippen molar-refractivity contribution >= 4 is 5.97 Å². The first-order valence-electron chi connectivity index (χ1n) is 4.33. The van der Waals surface area contributed by atoms with Gasteiger partial charge in [-0.1, -0.05) is 13.8 Å². The number of carbonyl (C=O) groups is 1. The quantitative estimate of drug-likeness (QED) is 0.492. The monoisotopic (exact) mass is 188 g/mol. The van der Waals surface area contributed by atoms with Gasteiger partial charge in [-0.3, -0.25) is 0 Å². The van der Waals surface area contributed by atoms with Crippen molar-refractivity contribution in [3.63, 3.8) is 0 Å². The van der Waals surface area contributed by atoms with Gasteiger partial charge in [-0.2, -0.15) is 4.39 Å². The Balaban J connectivity index is 4.29. The zero-order valence-corrected chi connectivity index (χ0v) is 8.85. The third-order valence-corrected chi connectivity index (χ3v) is 1.07. The minimum absolute atomic E-state index is 0.00696. The van der Waals surface area contributed by atoms with Crippen LogP contribution in [-0.2, 0) is 9.53 Å². The van der Waals surface area contributed by atoms with Gasteiger partial charge in [0.15, 0.2) is 0 Å². The van der Waals surface area contributed by atoms with Crippen LogP contribution >= 0.6 is 0 Å². The lowest BCUT2D eigenvalue weighted by Gasteiger charge is -2.18. The number of ether oxygens (including phenoxy) is 1. The molecule has 0 fully saturated rings. The maximum Gasteiger partial charge on any atom is 0.367 e. The van der Waals surface area contributed by atoms with E-state index in [9.17, 15) is 9.18 Å². The maximum atomic E-state index is 13.0. The lowest BCUT2D eigenvalue weighted by molar-refractivity contribution is -0.151. The van der Waals surface area contributed by atoms with Crippen molar-refractivity contribution in [1.29, 1.82) is 0 Å². The number of carbonyl (C=O) groups excluding carboxylic acids is 1. The lowest BCUT2D eigenvalue weighted by atomic mass is 10.2. The van der Waals surface area contributed by atoms with Gasteiger partial charge in [0.2, 0.25) is 5.83 Å². The summed E-state index contributed by atoms with van der Waals surface area (Å²) in [6, 6.07) is 0. The standard InChI is InChI=1S/C10H17FO2/c1-7(2)6-8(11)9(12)13-10(3,4)5/h6-7H,1-5H3/b8-6-. The Morgan fingerprint density at radius 2 is 1.85 bits per heavy atom. The number of halogens is 1. The molecule has 0 saturated carbocycles. The van der Waals surface area contributed by atoms with Crippen molar-refractivity contribution in [1.82, 2.24) is 0 Å². The van der Waals surface area contributed by atoms with Crippen molar-refractivity contribution in [2.24, 2.45) is 5.92 Å². The van der Waals surface area contributed by atoms with Crippen LogP contribution in [0.2, 0.25) is 0 Å². The van der Waals surface area contributed by atoms with E-state index in [0.717, 1.165) is 0 Å². The largest absolute Gasteiger partial charge is 0.455 e. The Morgan fingerprint density at radius 1 is 1.38 bits per heavy atom. The summed E-state index contributed by atoms with van der Waals surface area (Å²) in [5.41, 5.74) is -0.640. The Kier molecular flexibility index (Phi) is 4.11. The second kappa shape index (κ2) is 4.40. The van der Waals surface area contributed by atoms with Gasteiger partial charge in [0.1, 0.15) is 5.60 Å². The molecule has 13 heavy (non-hydrogen) atoms. The fourth-order valence-corrected chi connectivity index (χ4v) is 0.688. The molecule has 0 aromatic heterocycles. The average molecular weight is 188 g/mol. The first kappa shape index (κ1) is 12.1. The molecule has 0 N–H and O–H groups in total. The van der Waals surface area contributed by atoms with E-state index in [1.807, 2.05) is 0 Å². The van der Waals surface area contributed by atoms with Crippen molar-refractivity contribution in [2.75, 3.05) is 0 Å². The summed E-state index contributed by atoms with van der Waals surface area (Å²) in [6.07, 6.45) is 1.24. The molecule has 0 aromatic carbocycles. The first-order valence-corrected chi connectivity index (χ1v) is 4.33. The normalized spacial score (nSPS) is 13.3. The van der Waals surface area contributed by atoms with Crippen molar-refractivity contribution in [3.8, 4) is 0 Å². The molecule has 0 amide bonds. The van der Waals surface area contributed by atoms with Gasteiger partial charge in [0.25, 0.3) is 0 Å². The van der Waals surface area contributed by atoms with E-state index in [2.05, 4.69) is 0 Å². The highest BCUT2D eigenvalue weighted by Gasteiger charge is 2.19. The minimum Gasteiger partial charge on any atom is -0.455 e. The van der Waals surface area contributed by atoms with E-state index < -0.39 is 17.4 Å². The Hall–Kier alpha value is -0.860. The van der Waals surface area contributed by atoms with Gasteiger partial charge >= 0.3 is 5.97 Å². The number of hydrogen-bond acceptors (Lipinski definition) is 2. The lowest BCUT2D eigenvalue weighted by Crippen LogP contribution is -2.24. The molecule has 0 atom stereocenters. The summed E-state index contributed by atoms with van der Waals surface area (Å²) in [7, 11) is 0. The molecular weight excluding hydrogens is 171 g/mol. The summed E-state index contributed by atoms with van der Waals surface area (Å²) in [6.45, 7) is 8.70. The van der Waals surface area contributed by atoms with Gasteiger partial charge < -0.3 is 4.74 Å². The molecule has 0 aliphatic heterocycles. The highest BCUT2D eigenvalue weighted by atomic mass is 19.1. The summed E-state index contributed by atoms with van der Waals surface area (Å²) >= 11 is 0. The van der Waals surface area contributed by atoms with Gasteiger partial charge in [-0.15, -0.1) is 0 Å². The van der Waals surface area contributed by atoms with Crippen LogP contribution in [0.4, 0.5) is 4.39 Å². The molecule has 0 aliphatic rings. The molecule has 0 rings (SSSR count). The second-order valence-electron chi connectivity index (χ2n) is 4.26. The van der Waals surface area contributed by atoms with Crippen LogP contribution in [-0.4, -0.2) is 11.6 Å². The van der Waals surface area contributed by atoms with E-state index in [4.69, 9.17) is 4.74 Å². The third-order valence-electron chi connectivity index (χ3n) is 1.07. The molecule has 0 saturated heterocycles. The molecule has 2 nitrogen and oxygen atoms in total. The first-order chi connectivity index (χ1) is 5.72. The molecule has 76 valence electrons. The Labute approximate surface area is 78.8 Å². The highest BCUT2D eigenvalue weighted by Crippen LogP contribution is 2.13. The second-order valence-corrected chi connectivity index (χ2v) is 4.26. The van der Waals surface area contributed by atoms with E-state index in [-0.39, 0.29) is 5.92 Å². The van der Waals surface area contributed by atoms with Crippen LogP contribution in [0.3, 0.4) is 0 Å². The van der Waals surface area contributed by atoms with Crippen LogP contribution in [0, 0.1) is 5.92 Å². The molecule has 0 spiro atoms. The number of hydrogen-bond donors (Lipinski definition) is 0. The molecular formula is C10H17FO2. The number of rotatable bonds is 2. The SMILES string of the molecule is CC(C)/C=C(\F)C(=O)OC(C)(C)C. The zero-order valence-electron chi connectivity index (χ0n) is 8.85. The fourth-order valence-electron chi connectivity index (χ4n) is 0.688. The van der Waals surface area contributed by atoms with E-state index in [1.54, 1.807) is 34.6 Å². The smallest absolute Gasteiger partial charge is 0.367 e. The zero-order chi connectivity index (χ0) is 10.6. The summed E-state index contributed by atoms with van der Waals surface area (Å²) in [4.78, 5) is 11.0. The fraction of sp³-hybridized carbons (Fsp3) is 0.700. The van der Waals surface area contributed by atoms with Gasteiger partial charge in [0, 0.05) is 0 Å². The van der Waals surface area contributed by atoms with Crippen LogP contribution in [0.25, 0.3) is 0 Å². The summed E-state index contributed by atoms with van der Waals surface area (Å²) < 4.78 is 17.8. The van der Waals surface area contributed by atoms with E-state index in [1.165, 1.54) is 6.08 Å². The molecule has 0 heterocycles. The van der Waals surface area contributed by atoms with Gasteiger partial charge in [-0.05, 0) is 32.8 Å². The third kappa shape index (κ3) is 6.31. The number of esters is 1. The molecule has 0 unspecified atom stereocenters. The molecule has 0 bridgehead atoms. The molecule has 0 radical (unpaired) electrons. The van der Waals surface area contributed by atoms with Gasteiger partial charge in [0.05, 0.1) is 0 Å². The number of allylic oxidation sites excluding steroid dienone is 1. The van der Waals surface area contributed by atoms with Crippen LogP contribution in [0.15, 0.2) is 11.9 Å². The van der Waals surface area contributed by atoms with Gasteiger partial charge in [-0.25, -0.2) is 4.79 Å². The Morgan fingerprint density at radius 3 is 2.15 bits per heavy atom. The Bertz CT molecular complexity index is 211. The highest BCUT2D eigenvalue weighted by molar-refractivity contribution is 5.86. The van der Waals surface area contributed by atoms with E-state index in [0.29, 0.717) is 0 Å². The summed E-state index contributed by atoms with van der Waals surface area (Å²) in [5, 5.41) is 0.